The smallest absolute Gasteiger partial charge is 0.431 e. The molecule has 0 N–H and O–H groups in total. The van der Waals surface area contributed by atoms with E-state index in [0.29, 0.717) is 21.7 Å². The molecule has 0 spiro atoms. The van der Waals surface area contributed by atoms with Crippen LogP contribution in [0.5, 0.6) is 5.75 Å². The average Bonchev–Trinajstić information content (AvgIpc) is 3.13. The van der Waals surface area contributed by atoms with Crippen LogP contribution in [-0.4, -0.2) is 29.3 Å². The van der Waals surface area contributed by atoms with E-state index in [0.717, 1.165) is 7.05 Å². The van der Waals surface area contributed by atoms with Gasteiger partial charge >= 0.3 is 11.9 Å². The first-order valence-electron chi connectivity index (χ1n) is 8.32. The summed E-state index contributed by atoms with van der Waals surface area (Å²) in [6.45, 7) is 2.16. The number of ether oxygens (including phenoxy) is 1. The Labute approximate surface area is 176 Å². The normalized spacial score (nSPS) is 11.7. The maximum Gasteiger partial charge on any atom is 0.431 e. The highest BCUT2D eigenvalue weighted by atomic mass is 35.5. The Morgan fingerprint density at radius 2 is 1.87 bits per heavy atom. The molecule has 0 radical (unpaired) electrons. The van der Waals surface area contributed by atoms with E-state index in [4.69, 9.17) is 27.9 Å². The van der Waals surface area contributed by atoms with Crippen LogP contribution in [0.4, 0.5) is 13.2 Å². The zero-order chi connectivity index (χ0) is 22.2. The molecule has 1 aromatic carbocycles. The second-order valence-electron chi connectivity index (χ2n) is 5.97. The molecule has 0 aliphatic carbocycles. The Hall–Kier alpha value is -2.86. The number of alkyl halides is 3. The highest BCUT2D eigenvalue weighted by molar-refractivity contribution is 6.43. The second-order valence-corrected chi connectivity index (χ2v) is 6.75. The first kappa shape index (κ1) is 21.8. The van der Waals surface area contributed by atoms with Gasteiger partial charge in [0.05, 0.1) is 17.3 Å². The third-order valence-corrected chi connectivity index (χ3v) is 4.77. The zero-order valence-electron chi connectivity index (χ0n) is 15.4. The summed E-state index contributed by atoms with van der Waals surface area (Å²) in [6.07, 6.45) is -4.87. The van der Waals surface area contributed by atoms with Crippen molar-refractivity contribution in [1.29, 1.82) is 0 Å². The molecule has 0 fully saturated rings. The first-order valence-corrected chi connectivity index (χ1v) is 9.07. The summed E-state index contributed by atoms with van der Waals surface area (Å²) < 4.78 is 45.4. The van der Waals surface area contributed by atoms with Gasteiger partial charge in [0.1, 0.15) is 16.5 Å². The molecule has 0 unspecified atom stereocenters. The molecule has 9 nitrogen and oxygen atoms in total. The van der Waals surface area contributed by atoms with Crippen LogP contribution in [0, 0.1) is 0 Å². The van der Waals surface area contributed by atoms with E-state index in [1.54, 1.807) is 0 Å². The van der Waals surface area contributed by atoms with Crippen molar-refractivity contribution >= 4 is 23.2 Å². The summed E-state index contributed by atoms with van der Waals surface area (Å²) in [6, 6.07) is 2.68. The van der Waals surface area contributed by atoms with Gasteiger partial charge in [-0.15, -0.1) is 10.2 Å². The fraction of sp³-hybridized carbons (Fsp3) is 0.312. The Morgan fingerprint density at radius 1 is 1.17 bits per heavy atom. The number of hydrogen-bond donors (Lipinski definition) is 0. The van der Waals surface area contributed by atoms with E-state index < -0.39 is 23.1 Å². The number of hydrogen-bond acceptors (Lipinski definition) is 6. The van der Waals surface area contributed by atoms with Gasteiger partial charge in [0.25, 0.3) is 5.56 Å². The summed E-state index contributed by atoms with van der Waals surface area (Å²) in [5, 5.41) is 11.5. The Balaban J connectivity index is 2.04. The van der Waals surface area contributed by atoms with E-state index in [2.05, 4.69) is 15.4 Å². The van der Waals surface area contributed by atoms with E-state index in [1.807, 2.05) is 6.92 Å². The molecular formula is C16H13Cl2F3N6O3. The number of aryl methyl sites for hydroxylation is 1. The van der Waals surface area contributed by atoms with Gasteiger partial charge in [-0.2, -0.15) is 18.0 Å². The van der Waals surface area contributed by atoms with Gasteiger partial charge in [0, 0.05) is 19.2 Å². The molecule has 14 heteroatoms. The molecule has 0 amide bonds. The average molecular weight is 465 g/mol. The molecule has 30 heavy (non-hydrogen) atoms. The number of tetrazole rings is 1. The number of aromatic nitrogens is 6. The molecule has 0 saturated heterocycles. The van der Waals surface area contributed by atoms with Crippen LogP contribution < -0.4 is 16.0 Å². The maximum absolute atomic E-state index is 13.0. The van der Waals surface area contributed by atoms with Crippen molar-refractivity contribution in [3.63, 3.8) is 0 Å². The van der Waals surface area contributed by atoms with Crippen LogP contribution in [0.15, 0.2) is 27.8 Å². The lowest BCUT2D eigenvalue weighted by Crippen LogP contribution is -2.40. The van der Waals surface area contributed by atoms with Gasteiger partial charge < -0.3 is 4.74 Å². The molecular weight excluding hydrogens is 452 g/mol. The van der Waals surface area contributed by atoms with Crippen molar-refractivity contribution in [1.82, 2.24) is 29.3 Å². The van der Waals surface area contributed by atoms with Crippen LogP contribution in [0.2, 0.25) is 10.0 Å². The minimum absolute atomic E-state index is 0.0270. The summed E-state index contributed by atoms with van der Waals surface area (Å²) in [7, 11) is 0.902. The van der Waals surface area contributed by atoms with Crippen molar-refractivity contribution < 1.29 is 17.9 Å². The third-order valence-electron chi connectivity index (χ3n) is 3.98. The van der Waals surface area contributed by atoms with Crippen molar-refractivity contribution in [3.05, 3.63) is 60.6 Å². The van der Waals surface area contributed by atoms with Crippen molar-refractivity contribution in [2.45, 2.75) is 26.3 Å². The maximum atomic E-state index is 13.0. The highest BCUT2D eigenvalue weighted by Gasteiger charge is 2.35. The fourth-order valence-corrected chi connectivity index (χ4v) is 2.90. The Kier molecular flexibility index (Phi) is 5.90. The summed E-state index contributed by atoms with van der Waals surface area (Å²) in [4.78, 5) is 26.1. The van der Waals surface area contributed by atoms with Gasteiger partial charge in [0.2, 0.25) is 5.82 Å². The minimum Gasteiger partial charge on any atom is -0.484 e. The molecule has 3 aromatic rings. The monoisotopic (exact) mass is 464 g/mol. The lowest BCUT2D eigenvalue weighted by molar-refractivity contribution is -0.144. The molecule has 0 saturated carbocycles. The Morgan fingerprint density at radius 3 is 2.47 bits per heavy atom. The lowest BCUT2D eigenvalue weighted by atomic mass is 10.2. The quantitative estimate of drug-likeness (QED) is 0.575. The van der Waals surface area contributed by atoms with Gasteiger partial charge in [-0.25, -0.2) is 9.36 Å². The predicted octanol–water partition coefficient (Wildman–Crippen LogP) is 2.45. The number of benzene rings is 1. The van der Waals surface area contributed by atoms with Crippen molar-refractivity contribution in [2.24, 2.45) is 7.05 Å². The van der Waals surface area contributed by atoms with Crippen LogP contribution in [0.3, 0.4) is 0 Å². The molecule has 2 aromatic heterocycles. The largest absolute Gasteiger partial charge is 0.484 e. The topological polar surface area (TPSA) is 96.8 Å². The minimum atomic E-state index is -4.87. The molecule has 0 aliphatic heterocycles. The van der Waals surface area contributed by atoms with Gasteiger partial charge in [-0.3, -0.25) is 9.36 Å². The molecule has 0 atom stereocenters. The van der Waals surface area contributed by atoms with E-state index in [1.165, 1.54) is 16.9 Å². The van der Waals surface area contributed by atoms with Gasteiger partial charge in [-0.05, 0) is 18.2 Å². The number of nitrogens with zero attached hydrogens (tertiary/aromatic N) is 6. The summed E-state index contributed by atoms with van der Waals surface area (Å²) >= 11 is 12.2. The van der Waals surface area contributed by atoms with Crippen LogP contribution in [0.25, 0.3) is 5.69 Å². The molecule has 2 heterocycles. The Bertz CT molecular complexity index is 1220. The van der Waals surface area contributed by atoms with E-state index in [9.17, 15) is 22.8 Å². The zero-order valence-corrected chi connectivity index (χ0v) is 17.0. The molecule has 0 bridgehead atoms. The van der Waals surface area contributed by atoms with Crippen molar-refractivity contribution in [3.8, 4) is 11.4 Å². The predicted molar refractivity (Wildman–Crippen MR) is 100 cm³/mol. The number of rotatable bonds is 5. The summed E-state index contributed by atoms with van der Waals surface area (Å²) in [5.41, 5.74) is -3.91. The fourth-order valence-electron chi connectivity index (χ4n) is 2.53. The molecule has 3 rings (SSSR count). The van der Waals surface area contributed by atoms with Gasteiger partial charge in [0.15, 0.2) is 6.61 Å². The standard InChI is InChI=1S/C16H13Cl2F3N6O3/c1-3-26-23-12(22-24-26)7-30-10-5-8(4-9(17)14(10)18)27-13(28)6-11(16(19,20)21)25(2)15(27)29/h4-6H,3,7H2,1-2H3. The number of halogens is 5. The highest BCUT2D eigenvalue weighted by Crippen LogP contribution is 2.35. The van der Waals surface area contributed by atoms with Crippen LogP contribution in [-0.2, 0) is 26.4 Å². The van der Waals surface area contributed by atoms with E-state index in [-0.39, 0.29) is 33.9 Å². The molecule has 0 aliphatic rings. The first-order chi connectivity index (χ1) is 14.0. The van der Waals surface area contributed by atoms with Crippen molar-refractivity contribution in [2.75, 3.05) is 0 Å². The van der Waals surface area contributed by atoms with Crippen LogP contribution in [0.1, 0.15) is 18.4 Å². The SMILES string of the molecule is CCn1nnc(COc2cc(-n3c(=O)cc(C(F)(F)F)n(C)c3=O)cc(Cl)c2Cl)n1. The third kappa shape index (κ3) is 4.19. The van der Waals surface area contributed by atoms with Crippen LogP contribution >= 0.6 is 23.2 Å². The van der Waals surface area contributed by atoms with E-state index >= 15 is 0 Å². The lowest BCUT2D eigenvalue weighted by Gasteiger charge is -2.15. The summed E-state index contributed by atoms with van der Waals surface area (Å²) in [5.74, 6) is 0.206. The van der Waals surface area contributed by atoms with Gasteiger partial charge in [-0.1, -0.05) is 23.2 Å². The molecule has 160 valence electrons. The second kappa shape index (κ2) is 8.11.